The van der Waals surface area contributed by atoms with Gasteiger partial charge in [-0.3, -0.25) is 9.79 Å². The number of guanidine groups is 1. The van der Waals surface area contributed by atoms with E-state index in [2.05, 4.69) is 20.9 Å². The van der Waals surface area contributed by atoms with E-state index in [1.807, 2.05) is 38.1 Å². The van der Waals surface area contributed by atoms with Crippen LogP contribution in [0.5, 0.6) is 5.75 Å². The third-order valence-electron chi connectivity index (χ3n) is 3.64. The number of ether oxygens (including phenoxy) is 1. The first-order chi connectivity index (χ1) is 10.9. The fourth-order valence-electron chi connectivity index (χ4n) is 2.17. The normalized spacial score (nSPS) is 11.8. The fraction of sp³-hybridized carbons (Fsp3) is 0.529. The molecule has 0 radical (unpaired) electrons. The highest BCUT2D eigenvalue weighted by atomic mass is 16.5. The van der Waals surface area contributed by atoms with Gasteiger partial charge in [-0.05, 0) is 31.9 Å². The highest BCUT2D eigenvalue weighted by molar-refractivity contribution is 5.84. The summed E-state index contributed by atoms with van der Waals surface area (Å²) in [5.74, 6) is 1.56. The second-order valence-corrected chi connectivity index (χ2v) is 5.88. The summed E-state index contributed by atoms with van der Waals surface area (Å²) in [5, 5.41) is 9.11. The van der Waals surface area contributed by atoms with E-state index in [0.717, 1.165) is 24.3 Å². The maximum atomic E-state index is 11.8. The second kappa shape index (κ2) is 9.02. The highest BCUT2D eigenvalue weighted by Gasteiger charge is 2.26. The van der Waals surface area contributed by atoms with Crippen molar-refractivity contribution in [1.29, 1.82) is 0 Å². The van der Waals surface area contributed by atoms with Gasteiger partial charge in [0.15, 0.2) is 5.96 Å². The zero-order valence-electron chi connectivity index (χ0n) is 14.7. The molecule has 0 heterocycles. The third kappa shape index (κ3) is 5.81. The van der Waals surface area contributed by atoms with Crippen molar-refractivity contribution in [2.24, 2.45) is 10.4 Å². The molecular weight excluding hydrogens is 292 g/mol. The molecule has 1 aromatic rings. The summed E-state index contributed by atoms with van der Waals surface area (Å²) in [6.45, 7) is 5.00. The number of carbonyl (C=O) groups excluding carboxylic acids is 1. The van der Waals surface area contributed by atoms with Crippen LogP contribution >= 0.6 is 0 Å². The van der Waals surface area contributed by atoms with Gasteiger partial charge in [0.2, 0.25) is 5.91 Å². The SMILES string of the molecule is CN=C(NCCc1ccccc1OC)NCC(C)(C)C(=O)NC. The molecule has 3 N–H and O–H groups in total. The van der Waals surface area contributed by atoms with Crippen LogP contribution < -0.4 is 20.7 Å². The smallest absolute Gasteiger partial charge is 0.227 e. The fourth-order valence-corrected chi connectivity index (χ4v) is 2.17. The maximum absolute atomic E-state index is 11.8. The number of benzene rings is 1. The lowest BCUT2D eigenvalue weighted by Gasteiger charge is -2.24. The number of nitrogens with zero attached hydrogens (tertiary/aromatic N) is 1. The van der Waals surface area contributed by atoms with E-state index < -0.39 is 5.41 Å². The van der Waals surface area contributed by atoms with Gasteiger partial charge in [0.1, 0.15) is 5.75 Å². The molecule has 0 saturated heterocycles. The first kappa shape index (κ1) is 18.8. The molecule has 0 atom stereocenters. The van der Waals surface area contributed by atoms with E-state index in [1.165, 1.54) is 0 Å². The molecule has 0 aliphatic carbocycles. The van der Waals surface area contributed by atoms with Gasteiger partial charge in [-0.2, -0.15) is 0 Å². The van der Waals surface area contributed by atoms with Gasteiger partial charge in [-0.15, -0.1) is 0 Å². The zero-order valence-corrected chi connectivity index (χ0v) is 14.7. The summed E-state index contributed by atoms with van der Waals surface area (Å²) in [4.78, 5) is 16.0. The average Bonchev–Trinajstić information content (AvgIpc) is 2.57. The van der Waals surface area contributed by atoms with Crippen LogP contribution in [-0.2, 0) is 11.2 Å². The predicted molar refractivity (Wildman–Crippen MR) is 93.9 cm³/mol. The number of carbonyl (C=O) groups is 1. The van der Waals surface area contributed by atoms with Crippen LogP contribution in [0.2, 0.25) is 0 Å². The van der Waals surface area contributed by atoms with E-state index in [4.69, 9.17) is 4.74 Å². The van der Waals surface area contributed by atoms with Crippen LogP contribution in [0.4, 0.5) is 0 Å². The number of hydrogen-bond donors (Lipinski definition) is 3. The first-order valence-electron chi connectivity index (χ1n) is 7.73. The Morgan fingerprint density at radius 2 is 1.96 bits per heavy atom. The summed E-state index contributed by atoms with van der Waals surface area (Å²) in [6, 6.07) is 7.95. The van der Waals surface area contributed by atoms with Gasteiger partial charge < -0.3 is 20.7 Å². The van der Waals surface area contributed by atoms with Gasteiger partial charge in [0.25, 0.3) is 0 Å². The largest absolute Gasteiger partial charge is 0.496 e. The molecule has 0 unspecified atom stereocenters. The van der Waals surface area contributed by atoms with Crippen LogP contribution in [0.1, 0.15) is 19.4 Å². The van der Waals surface area contributed by atoms with Crippen molar-refractivity contribution in [3.8, 4) is 5.75 Å². The van der Waals surface area contributed by atoms with Crippen molar-refractivity contribution in [2.75, 3.05) is 34.3 Å². The average molecular weight is 320 g/mol. The molecule has 1 aromatic carbocycles. The number of aliphatic imine (C=N–C) groups is 1. The van der Waals surface area contributed by atoms with Gasteiger partial charge in [-0.1, -0.05) is 18.2 Å². The van der Waals surface area contributed by atoms with Crippen molar-refractivity contribution in [2.45, 2.75) is 20.3 Å². The Kier molecular flexibility index (Phi) is 7.38. The third-order valence-corrected chi connectivity index (χ3v) is 3.64. The van der Waals surface area contributed by atoms with Gasteiger partial charge >= 0.3 is 0 Å². The van der Waals surface area contributed by atoms with E-state index in [-0.39, 0.29) is 5.91 Å². The number of nitrogens with one attached hydrogen (secondary N) is 3. The summed E-state index contributed by atoms with van der Waals surface area (Å²) in [5.41, 5.74) is 0.637. The lowest BCUT2D eigenvalue weighted by Crippen LogP contribution is -2.47. The quantitative estimate of drug-likeness (QED) is 0.521. The van der Waals surface area contributed by atoms with E-state index >= 15 is 0 Å². The molecule has 0 bridgehead atoms. The van der Waals surface area contributed by atoms with Crippen LogP contribution in [-0.4, -0.2) is 46.2 Å². The maximum Gasteiger partial charge on any atom is 0.227 e. The molecule has 0 saturated carbocycles. The molecule has 128 valence electrons. The minimum Gasteiger partial charge on any atom is -0.496 e. The Morgan fingerprint density at radius 3 is 2.57 bits per heavy atom. The van der Waals surface area contributed by atoms with Crippen LogP contribution in [0.3, 0.4) is 0 Å². The first-order valence-corrected chi connectivity index (χ1v) is 7.73. The summed E-state index contributed by atoms with van der Waals surface area (Å²) >= 11 is 0. The molecule has 6 heteroatoms. The summed E-state index contributed by atoms with van der Waals surface area (Å²) in [6.07, 6.45) is 0.823. The molecule has 1 rings (SSSR count). The van der Waals surface area contributed by atoms with E-state index in [9.17, 15) is 4.79 Å². The van der Waals surface area contributed by atoms with Crippen molar-refractivity contribution in [3.63, 3.8) is 0 Å². The molecule has 23 heavy (non-hydrogen) atoms. The van der Waals surface area contributed by atoms with Crippen LogP contribution in [0.15, 0.2) is 29.3 Å². The number of hydrogen-bond acceptors (Lipinski definition) is 3. The topological polar surface area (TPSA) is 74.8 Å². The van der Waals surface area contributed by atoms with Crippen LogP contribution in [0, 0.1) is 5.41 Å². The lowest BCUT2D eigenvalue weighted by molar-refractivity contribution is -0.128. The minimum atomic E-state index is -0.505. The Hall–Kier alpha value is -2.24. The van der Waals surface area contributed by atoms with Crippen LogP contribution in [0.25, 0.3) is 0 Å². The van der Waals surface area contributed by atoms with Crippen molar-refractivity contribution >= 4 is 11.9 Å². The molecule has 1 amide bonds. The number of rotatable bonds is 7. The number of methoxy groups -OCH3 is 1. The van der Waals surface area contributed by atoms with Gasteiger partial charge in [-0.25, -0.2) is 0 Å². The summed E-state index contributed by atoms with van der Waals surface area (Å²) in [7, 11) is 5.03. The molecule has 0 fully saturated rings. The van der Waals surface area contributed by atoms with Crippen molar-refractivity contribution in [1.82, 2.24) is 16.0 Å². The molecule has 0 aromatic heterocycles. The monoisotopic (exact) mass is 320 g/mol. The Bertz CT molecular complexity index is 541. The predicted octanol–water partition coefficient (Wildman–Crippen LogP) is 1.17. The zero-order chi connectivity index (χ0) is 17.3. The van der Waals surface area contributed by atoms with Gasteiger partial charge in [0, 0.05) is 27.2 Å². The van der Waals surface area contributed by atoms with Crippen molar-refractivity contribution in [3.05, 3.63) is 29.8 Å². The molecular formula is C17H28N4O2. The summed E-state index contributed by atoms with van der Waals surface area (Å²) < 4.78 is 5.34. The molecule has 0 aliphatic heterocycles. The molecule has 6 nitrogen and oxygen atoms in total. The minimum absolute atomic E-state index is 0.00512. The molecule has 0 spiro atoms. The standard InChI is InChI=1S/C17H28N4O2/c1-17(2,15(22)18-3)12-21-16(19-4)20-11-10-13-8-6-7-9-14(13)23-5/h6-9H,10-12H2,1-5H3,(H,18,22)(H2,19,20,21). The lowest BCUT2D eigenvalue weighted by atomic mass is 9.92. The highest BCUT2D eigenvalue weighted by Crippen LogP contribution is 2.17. The Morgan fingerprint density at radius 1 is 1.26 bits per heavy atom. The Balaban J connectivity index is 2.47. The van der Waals surface area contributed by atoms with Gasteiger partial charge in [0.05, 0.1) is 12.5 Å². The van der Waals surface area contributed by atoms with E-state index in [0.29, 0.717) is 12.5 Å². The molecule has 0 aliphatic rings. The number of amides is 1. The number of para-hydroxylation sites is 1. The second-order valence-electron chi connectivity index (χ2n) is 5.88. The Labute approximate surface area is 138 Å². The van der Waals surface area contributed by atoms with E-state index in [1.54, 1.807) is 21.2 Å². The van der Waals surface area contributed by atoms with Crippen molar-refractivity contribution < 1.29 is 9.53 Å².